The highest BCUT2D eigenvalue weighted by Crippen LogP contribution is 2.42. The highest BCUT2D eigenvalue weighted by atomic mass is 32.1. The number of nitrogens with zero attached hydrogens (tertiary/aromatic N) is 1. The van der Waals surface area contributed by atoms with E-state index in [0.717, 1.165) is 11.9 Å². The minimum atomic E-state index is 0.304. The molecule has 0 aliphatic heterocycles. The van der Waals surface area contributed by atoms with Crippen LogP contribution in [-0.4, -0.2) is 4.98 Å². The van der Waals surface area contributed by atoms with Gasteiger partial charge in [-0.25, -0.2) is 0 Å². The maximum atomic E-state index is 4.73. The van der Waals surface area contributed by atoms with Crippen LogP contribution in [0, 0.1) is 0 Å². The lowest BCUT2D eigenvalue weighted by Gasteiger charge is -2.20. The van der Waals surface area contributed by atoms with Gasteiger partial charge in [-0.3, -0.25) is 4.98 Å². The fraction of sp³-hybridized carbons (Fsp3) is 0.0364. The molecular weight excluding hydrogens is 739 g/mol. The summed E-state index contributed by atoms with van der Waals surface area (Å²) in [6.45, 7) is 0. The summed E-state index contributed by atoms with van der Waals surface area (Å²) in [6, 6.07) is 63.2. The molecule has 3 aromatic heterocycles. The van der Waals surface area contributed by atoms with Crippen molar-refractivity contribution in [1.29, 1.82) is 0 Å². The minimum Gasteiger partial charge on any atom is -0.256 e. The van der Waals surface area contributed by atoms with E-state index in [0.29, 0.717) is 5.92 Å². The van der Waals surface area contributed by atoms with Gasteiger partial charge < -0.3 is 0 Å². The fourth-order valence-electron chi connectivity index (χ4n) is 9.05. The van der Waals surface area contributed by atoms with Crippen LogP contribution in [0.1, 0.15) is 23.5 Å². The Morgan fingerprint density at radius 3 is 1.76 bits per heavy atom. The SMILES string of the molecule is C1=CC(c2ccc3sc4ccc(-c5cccc(-c6ccc7sc8ccccc8c7c6)c5)cc4c3c2)CC(c2cccc(-c3ccc4ccc5cccnc5c4c3)c2)=C1. The van der Waals surface area contributed by atoms with Crippen LogP contribution in [0.2, 0.25) is 0 Å². The van der Waals surface area contributed by atoms with E-state index in [-0.39, 0.29) is 0 Å². The Kier molecular flexibility index (Phi) is 7.79. The first kappa shape index (κ1) is 33.5. The summed E-state index contributed by atoms with van der Waals surface area (Å²) in [6.07, 6.45) is 9.78. The third-order valence-electron chi connectivity index (χ3n) is 12.1. The summed E-state index contributed by atoms with van der Waals surface area (Å²) in [5.41, 5.74) is 12.5. The molecule has 0 fully saturated rings. The first-order chi connectivity index (χ1) is 28.7. The number of benzene rings is 8. The van der Waals surface area contributed by atoms with Gasteiger partial charge in [-0.1, -0.05) is 121 Å². The van der Waals surface area contributed by atoms with Crippen LogP contribution in [0.5, 0.6) is 0 Å². The second-order valence-corrected chi connectivity index (χ2v) is 17.7. The van der Waals surface area contributed by atoms with Crippen molar-refractivity contribution in [3.8, 4) is 33.4 Å². The van der Waals surface area contributed by atoms with Crippen molar-refractivity contribution in [2.75, 3.05) is 0 Å². The van der Waals surface area contributed by atoms with Crippen LogP contribution in [0.25, 0.3) is 101 Å². The van der Waals surface area contributed by atoms with Crippen molar-refractivity contribution in [3.63, 3.8) is 0 Å². The molecule has 0 saturated heterocycles. The van der Waals surface area contributed by atoms with E-state index in [1.165, 1.54) is 107 Å². The monoisotopic (exact) mass is 773 g/mol. The van der Waals surface area contributed by atoms with Gasteiger partial charge in [0.25, 0.3) is 0 Å². The van der Waals surface area contributed by atoms with Crippen molar-refractivity contribution in [2.45, 2.75) is 12.3 Å². The number of fused-ring (bicyclic) bond motifs is 9. The van der Waals surface area contributed by atoms with E-state index in [4.69, 9.17) is 4.98 Å². The number of thiophene rings is 2. The second-order valence-electron chi connectivity index (χ2n) is 15.5. The van der Waals surface area contributed by atoms with Crippen molar-refractivity contribution in [3.05, 3.63) is 205 Å². The molecule has 12 rings (SSSR count). The van der Waals surface area contributed by atoms with Crippen molar-refractivity contribution in [2.24, 2.45) is 0 Å². The molecular formula is C55H35NS2. The van der Waals surface area contributed by atoms with Gasteiger partial charge in [-0.05, 0) is 129 Å². The zero-order valence-electron chi connectivity index (χ0n) is 31.5. The molecule has 1 aliphatic rings. The summed E-state index contributed by atoms with van der Waals surface area (Å²) in [5, 5.41) is 8.92. The zero-order chi connectivity index (χ0) is 38.2. The molecule has 8 aromatic carbocycles. The van der Waals surface area contributed by atoms with E-state index in [2.05, 4.69) is 182 Å². The molecule has 0 amide bonds. The normalized spacial score (nSPS) is 14.3. The summed E-state index contributed by atoms with van der Waals surface area (Å²) in [4.78, 5) is 4.73. The highest BCUT2D eigenvalue weighted by molar-refractivity contribution is 7.26. The Morgan fingerprint density at radius 1 is 0.414 bits per heavy atom. The predicted octanol–water partition coefficient (Wildman–Crippen LogP) is 16.3. The Hall–Kier alpha value is -6.65. The maximum Gasteiger partial charge on any atom is 0.0780 e. The van der Waals surface area contributed by atoms with Gasteiger partial charge in [0, 0.05) is 63.2 Å². The molecule has 272 valence electrons. The van der Waals surface area contributed by atoms with Crippen molar-refractivity contribution in [1.82, 2.24) is 4.98 Å². The highest BCUT2D eigenvalue weighted by Gasteiger charge is 2.18. The van der Waals surface area contributed by atoms with E-state index >= 15 is 0 Å². The lowest BCUT2D eigenvalue weighted by Crippen LogP contribution is -2.01. The summed E-state index contributed by atoms with van der Waals surface area (Å²) in [7, 11) is 0. The van der Waals surface area contributed by atoms with Crippen LogP contribution >= 0.6 is 22.7 Å². The largest absolute Gasteiger partial charge is 0.256 e. The summed E-state index contributed by atoms with van der Waals surface area (Å²) >= 11 is 3.76. The lowest BCUT2D eigenvalue weighted by molar-refractivity contribution is 0.869. The number of rotatable bonds is 5. The second kappa shape index (κ2) is 13.5. The van der Waals surface area contributed by atoms with E-state index < -0.39 is 0 Å². The number of aromatic nitrogens is 1. The van der Waals surface area contributed by atoms with E-state index in [9.17, 15) is 0 Å². The molecule has 58 heavy (non-hydrogen) atoms. The van der Waals surface area contributed by atoms with Crippen molar-refractivity contribution >= 4 is 90.3 Å². The van der Waals surface area contributed by atoms with Crippen LogP contribution in [-0.2, 0) is 0 Å². The van der Waals surface area contributed by atoms with Crippen molar-refractivity contribution < 1.29 is 0 Å². The molecule has 11 aromatic rings. The molecule has 3 heteroatoms. The molecule has 1 aliphatic carbocycles. The van der Waals surface area contributed by atoms with Gasteiger partial charge in [-0.15, -0.1) is 22.7 Å². The molecule has 1 unspecified atom stereocenters. The lowest BCUT2D eigenvalue weighted by atomic mass is 9.84. The molecule has 0 bridgehead atoms. The third kappa shape index (κ3) is 5.69. The van der Waals surface area contributed by atoms with Crippen LogP contribution in [0.3, 0.4) is 0 Å². The average molecular weight is 774 g/mol. The fourth-order valence-corrected chi connectivity index (χ4v) is 11.2. The zero-order valence-corrected chi connectivity index (χ0v) is 33.2. The molecule has 0 radical (unpaired) electrons. The molecule has 0 saturated carbocycles. The first-order valence-corrected chi connectivity index (χ1v) is 21.6. The van der Waals surface area contributed by atoms with Gasteiger partial charge in [0.05, 0.1) is 5.52 Å². The van der Waals surface area contributed by atoms with Gasteiger partial charge >= 0.3 is 0 Å². The van der Waals surface area contributed by atoms with Crippen LogP contribution in [0.15, 0.2) is 194 Å². The Bertz CT molecular complexity index is 3510. The first-order valence-electron chi connectivity index (χ1n) is 19.9. The number of hydrogen-bond acceptors (Lipinski definition) is 3. The van der Waals surface area contributed by atoms with E-state index in [1.807, 2.05) is 34.9 Å². The quantitative estimate of drug-likeness (QED) is 0.159. The smallest absolute Gasteiger partial charge is 0.0780 e. The molecule has 1 nitrogen and oxygen atoms in total. The van der Waals surface area contributed by atoms with Gasteiger partial charge in [-0.2, -0.15) is 0 Å². The topological polar surface area (TPSA) is 12.9 Å². The molecule has 1 atom stereocenters. The van der Waals surface area contributed by atoms with Gasteiger partial charge in [0.15, 0.2) is 0 Å². The maximum absolute atomic E-state index is 4.73. The molecule has 0 spiro atoms. The summed E-state index contributed by atoms with van der Waals surface area (Å²) < 4.78 is 5.34. The third-order valence-corrected chi connectivity index (χ3v) is 14.4. The average Bonchev–Trinajstić information content (AvgIpc) is 3.86. The molecule has 3 heterocycles. The standard InChI is InChI=1S/C55H35NS2/c1-2-15-51-46(14-1)48-31-43(20-23-52(48)57-51)40-11-5-12-41(29-40)45-22-25-54-50(33-45)49-32-44(21-24-53(49)58-54)39-10-4-8-37(28-39)36-7-3-9-38(27-36)42-19-17-34-16-18-35-13-6-26-56-55(35)47(34)30-42/h1-27,29-33,39H,28H2. The number of allylic oxidation sites excluding steroid dienone is 4. The van der Waals surface area contributed by atoms with Gasteiger partial charge in [0.1, 0.15) is 0 Å². The van der Waals surface area contributed by atoms with E-state index in [1.54, 1.807) is 0 Å². The summed E-state index contributed by atoms with van der Waals surface area (Å²) in [5.74, 6) is 0.304. The van der Waals surface area contributed by atoms with Crippen LogP contribution in [0.4, 0.5) is 0 Å². The predicted molar refractivity (Wildman–Crippen MR) is 252 cm³/mol. The Labute approximate surface area is 344 Å². The minimum absolute atomic E-state index is 0.304. The van der Waals surface area contributed by atoms with Crippen LogP contribution < -0.4 is 0 Å². The Morgan fingerprint density at radius 2 is 0.983 bits per heavy atom. The van der Waals surface area contributed by atoms with Gasteiger partial charge in [0.2, 0.25) is 0 Å². The number of hydrogen-bond donors (Lipinski definition) is 0. The Balaban J connectivity index is 0.845. The molecule has 0 N–H and O–H groups in total. The number of pyridine rings is 1.